The van der Waals surface area contributed by atoms with Crippen LogP contribution in [0.5, 0.6) is 0 Å². The minimum atomic E-state index is -0.575. The van der Waals surface area contributed by atoms with E-state index in [4.69, 9.17) is 0 Å². The minimum Gasteiger partial charge on any atom is -0.247 e. The van der Waals surface area contributed by atoms with Gasteiger partial charge >= 0.3 is 0 Å². The van der Waals surface area contributed by atoms with Gasteiger partial charge in [-0.15, -0.1) is 0 Å². The summed E-state index contributed by atoms with van der Waals surface area (Å²) in [6, 6.07) is 8.98. The first-order valence-corrected chi connectivity index (χ1v) is 11.0. The van der Waals surface area contributed by atoms with E-state index in [-0.39, 0.29) is 5.92 Å². The predicted octanol–water partition coefficient (Wildman–Crippen LogP) is 7.39. The van der Waals surface area contributed by atoms with Crippen LogP contribution in [-0.2, 0) is 0 Å². The molecule has 1 heteroatoms. The van der Waals surface area contributed by atoms with Crippen molar-refractivity contribution in [2.75, 3.05) is 0 Å². The third-order valence-corrected chi connectivity index (χ3v) is 7.58. The lowest BCUT2D eigenvalue weighted by Crippen LogP contribution is -2.25. The third-order valence-electron chi connectivity index (χ3n) is 7.58. The highest BCUT2D eigenvalue weighted by molar-refractivity contribution is 5.31. The Balaban J connectivity index is 1.25. The summed E-state index contributed by atoms with van der Waals surface area (Å²) in [5.74, 6) is 4.01. The van der Waals surface area contributed by atoms with E-state index in [2.05, 4.69) is 31.2 Å². The topological polar surface area (TPSA) is 0 Å². The average Bonchev–Trinajstić information content (AvgIpc) is 3.40. The summed E-state index contributed by atoms with van der Waals surface area (Å²) < 4.78 is 13.2. The van der Waals surface area contributed by atoms with Crippen LogP contribution in [0.15, 0.2) is 24.3 Å². The van der Waals surface area contributed by atoms with Gasteiger partial charge in [-0.1, -0.05) is 56.9 Å². The Morgan fingerprint density at radius 3 is 1.84 bits per heavy atom. The third kappa shape index (κ3) is 4.12. The highest BCUT2D eigenvalue weighted by atomic mass is 19.1. The molecule has 0 aromatic heterocycles. The Kier molecular flexibility index (Phi) is 5.48. The van der Waals surface area contributed by atoms with Crippen LogP contribution in [0.4, 0.5) is 4.39 Å². The molecule has 0 amide bonds. The molecule has 0 N–H and O–H groups in total. The van der Waals surface area contributed by atoms with E-state index >= 15 is 0 Å². The molecular weight excluding hydrogens is 307 g/mol. The van der Waals surface area contributed by atoms with E-state index in [0.29, 0.717) is 0 Å². The highest BCUT2D eigenvalue weighted by Gasteiger charge is 2.38. The average molecular weight is 343 g/mol. The van der Waals surface area contributed by atoms with Crippen LogP contribution < -0.4 is 0 Å². The van der Waals surface area contributed by atoms with E-state index in [1.54, 1.807) is 0 Å². The van der Waals surface area contributed by atoms with Gasteiger partial charge in [-0.25, -0.2) is 4.39 Å². The summed E-state index contributed by atoms with van der Waals surface area (Å²) in [7, 11) is 0. The summed E-state index contributed by atoms with van der Waals surface area (Å²) in [6.07, 6.45) is 14.6. The highest BCUT2D eigenvalue weighted by Crippen LogP contribution is 2.46. The van der Waals surface area contributed by atoms with Gasteiger partial charge in [0, 0.05) is 5.92 Å². The molecule has 2 atom stereocenters. The molecular formula is C24H35F. The molecule has 0 saturated heterocycles. The van der Waals surface area contributed by atoms with Gasteiger partial charge in [0.15, 0.2) is 0 Å². The molecule has 3 aliphatic rings. The zero-order valence-corrected chi connectivity index (χ0v) is 15.9. The quantitative estimate of drug-likeness (QED) is 0.523. The molecule has 4 rings (SSSR count). The van der Waals surface area contributed by atoms with Crippen molar-refractivity contribution < 1.29 is 4.39 Å². The van der Waals surface area contributed by atoms with Crippen molar-refractivity contribution in [2.45, 2.75) is 95.6 Å². The number of benzene rings is 1. The molecule has 3 saturated carbocycles. The first-order valence-electron chi connectivity index (χ1n) is 11.0. The van der Waals surface area contributed by atoms with Crippen molar-refractivity contribution in [3.8, 4) is 0 Å². The van der Waals surface area contributed by atoms with E-state index in [0.717, 1.165) is 30.1 Å². The fourth-order valence-corrected chi connectivity index (χ4v) is 5.80. The fourth-order valence-electron chi connectivity index (χ4n) is 5.80. The lowest BCUT2D eigenvalue weighted by Gasteiger charge is -2.38. The normalized spacial score (nSPS) is 38.5. The molecule has 25 heavy (non-hydrogen) atoms. The van der Waals surface area contributed by atoms with Crippen LogP contribution in [0.3, 0.4) is 0 Å². The largest absolute Gasteiger partial charge is 0.247 e. The van der Waals surface area contributed by atoms with E-state index in [1.807, 2.05) is 0 Å². The van der Waals surface area contributed by atoms with Crippen LogP contribution >= 0.6 is 0 Å². The SMILES string of the molecule is CCCC1CCC(C2CCC(c3ccc([C@@H]4C[C@H]4F)cc3)CC2)CC1. The molecule has 0 spiro atoms. The monoisotopic (exact) mass is 342 g/mol. The van der Waals surface area contributed by atoms with Crippen molar-refractivity contribution in [1.82, 2.24) is 0 Å². The van der Waals surface area contributed by atoms with Gasteiger partial charge in [0.1, 0.15) is 6.17 Å². The van der Waals surface area contributed by atoms with Crippen LogP contribution in [-0.4, -0.2) is 6.17 Å². The maximum atomic E-state index is 13.2. The molecule has 0 bridgehead atoms. The van der Waals surface area contributed by atoms with Crippen LogP contribution in [0.2, 0.25) is 0 Å². The second kappa shape index (κ2) is 7.80. The standard InChI is InChI=1S/C24H35F/c1-2-3-17-4-6-18(7-5-17)19-8-10-20(11-9-19)21-12-14-22(15-13-21)23-16-24(23)25/h12-15,17-20,23-24H,2-11,16H2,1H3/t17?,18?,19?,20?,23-,24+/m0/s1. The number of hydrogen-bond donors (Lipinski definition) is 0. The maximum Gasteiger partial charge on any atom is 0.108 e. The first-order chi connectivity index (χ1) is 12.2. The van der Waals surface area contributed by atoms with Gasteiger partial charge in [0.2, 0.25) is 0 Å². The van der Waals surface area contributed by atoms with Crippen LogP contribution in [0, 0.1) is 17.8 Å². The Bertz CT molecular complexity index is 532. The molecule has 0 unspecified atom stereocenters. The van der Waals surface area contributed by atoms with Crippen molar-refractivity contribution in [3.05, 3.63) is 35.4 Å². The van der Waals surface area contributed by atoms with Crippen LogP contribution in [0.25, 0.3) is 0 Å². The lowest BCUT2D eigenvalue weighted by molar-refractivity contribution is 0.156. The van der Waals surface area contributed by atoms with Gasteiger partial charge in [0.05, 0.1) is 0 Å². The number of halogens is 1. The van der Waals surface area contributed by atoms with E-state index < -0.39 is 6.17 Å². The minimum absolute atomic E-state index is 0.202. The second-order valence-corrected chi connectivity index (χ2v) is 9.21. The zero-order valence-electron chi connectivity index (χ0n) is 15.9. The molecule has 138 valence electrons. The van der Waals surface area contributed by atoms with Crippen LogP contribution in [0.1, 0.15) is 101 Å². The smallest absolute Gasteiger partial charge is 0.108 e. The Labute approximate surface area is 153 Å². The van der Waals surface area contributed by atoms with Crippen molar-refractivity contribution in [1.29, 1.82) is 0 Å². The predicted molar refractivity (Wildman–Crippen MR) is 104 cm³/mol. The molecule has 1 aromatic carbocycles. The fraction of sp³-hybridized carbons (Fsp3) is 0.750. The summed E-state index contributed by atoms with van der Waals surface area (Å²) in [5.41, 5.74) is 2.72. The summed E-state index contributed by atoms with van der Waals surface area (Å²) in [6.45, 7) is 2.33. The van der Waals surface area contributed by atoms with E-state index in [1.165, 1.54) is 75.3 Å². The molecule has 3 fully saturated rings. The Morgan fingerprint density at radius 2 is 1.32 bits per heavy atom. The number of rotatable bonds is 5. The van der Waals surface area contributed by atoms with Gasteiger partial charge in [-0.3, -0.25) is 0 Å². The van der Waals surface area contributed by atoms with Crippen molar-refractivity contribution in [3.63, 3.8) is 0 Å². The van der Waals surface area contributed by atoms with Crippen molar-refractivity contribution in [2.24, 2.45) is 17.8 Å². The number of alkyl halides is 1. The molecule has 0 radical (unpaired) electrons. The Morgan fingerprint density at radius 1 is 0.800 bits per heavy atom. The molecule has 3 aliphatic carbocycles. The van der Waals surface area contributed by atoms with Gasteiger partial charge in [0.25, 0.3) is 0 Å². The van der Waals surface area contributed by atoms with Gasteiger partial charge < -0.3 is 0 Å². The van der Waals surface area contributed by atoms with Crippen molar-refractivity contribution >= 4 is 0 Å². The summed E-state index contributed by atoms with van der Waals surface area (Å²) in [5, 5.41) is 0. The number of hydrogen-bond acceptors (Lipinski definition) is 0. The zero-order chi connectivity index (χ0) is 17.2. The van der Waals surface area contributed by atoms with E-state index in [9.17, 15) is 4.39 Å². The second-order valence-electron chi connectivity index (χ2n) is 9.21. The molecule has 0 aliphatic heterocycles. The lowest BCUT2D eigenvalue weighted by atomic mass is 9.68. The summed E-state index contributed by atoms with van der Waals surface area (Å²) in [4.78, 5) is 0. The maximum absolute atomic E-state index is 13.2. The molecule has 1 aromatic rings. The summed E-state index contributed by atoms with van der Waals surface area (Å²) >= 11 is 0. The van der Waals surface area contributed by atoms with Gasteiger partial charge in [-0.05, 0) is 79.7 Å². The molecule has 0 nitrogen and oxygen atoms in total. The Hall–Kier alpha value is -0.850. The first kappa shape index (κ1) is 17.6. The molecule has 0 heterocycles. The van der Waals surface area contributed by atoms with Gasteiger partial charge in [-0.2, -0.15) is 0 Å².